The second-order valence-corrected chi connectivity index (χ2v) is 7.00. The van der Waals surface area contributed by atoms with Crippen LogP contribution in [0.4, 0.5) is 5.69 Å². The number of benzene rings is 2. The zero-order chi connectivity index (χ0) is 20.2. The minimum absolute atomic E-state index is 0.0363. The van der Waals surface area contributed by atoms with Gasteiger partial charge >= 0.3 is 0 Å². The Morgan fingerprint density at radius 3 is 2.24 bits per heavy atom. The molecule has 0 atom stereocenters. The number of rotatable bonds is 7. The van der Waals surface area contributed by atoms with Gasteiger partial charge in [-0.3, -0.25) is 14.4 Å². The van der Waals surface area contributed by atoms with Crippen LogP contribution in [0.2, 0.25) is 0 Å². The van der Waals surface area contributed by atoms with Crippen molar-refractivity contribution >= 4 is 34.2 Å². The molecule has 1 fully saturated rings. The molecular formula is C22H21N3O4. The van der Waals surface area contributed by atoms with Crippen molar-refractivity contribution in [2.75, 3.05) is 18.4 Å². The van der Waals surface area contributed by atoms with Gasteiger partial charge in [0.15, 0.2) is 5.76 Å². The predicted molar refractivity (Wildman–Crippen MR) is 109 cm³/mol. The van der Waals surface area contributed by atoms with Gasteiger partial charge in [-0.1, -0.05) is 24.3 Å². The summed E-state index contributed by atoms with van der Waals surface area (Å²) < 4.78 is 5.02. The van der Waals surface area contributed by atoms with Gasteiger partial charge in [-0.05, 0) is 47.9 Å². The number of fused-ring (bicyclic) bond motifs is 1. The Morgan fingerprint density at radius 2 is 1.59 bits per heavy atom. The third kappa shape index (κ3) is 4.45. The molecule has 4 rings (SSSR count). The van der Waals surface area contributed by atoms with Crippen LogP contribution in [0.1, 0.15) is 33.8 Å². The predicted octanol–water partition coefficient (Wildman–Crippen LogP) is 2.94. The van der Waals surface area contributed by atoms with Crippen LogP contribution in [0.5, 0.6) is 0 Å². The van der Waals surface area contributed by atoms with Crippen molar-refractivity contribution in [1.29, 1.82) is 0 Å². The lowest BCUT2D eigenvalue weighted by Gasteiger charge is -2.13. The molecular weight excluding hydrogens is 370 g/mol. The van der Waals surface area contributed by atoms with Crippen molar-refractivity contribution in [1.82, 2.24) is 10.6 Å². The van der Waals surface area contributed by atoms with E-state index in [9.17, 15) is 14.4 Å². The van der Waals surface area contributed by atoms with E-state index in [1.807, 2.05) is 30.3 Å². The fraction of sp³-hybridized carbons (Fsp3) is 0.227. The number of hydrogen-bond donors (Lipinski definition) is 3. The Balaban J connectivity index is 1.43. The first kappa shape index (κ1) is 18.7. The molecule has 1 heterocycles. The standard InChI is InChI=1S/C22H21N3O4/c26-20(14-7-8-14)25-18-13-16-5-2-1-4-15(16)12-17(18)21(27)23-9-10-24-22(28)19-6-3-11-29-19/h1-6,11-14H,7-10H2,(H,23,27)(H,24,28)(H,25,26). The first-order valence-corrected chi connectivity index (χ1v) is 9.55. The monoisotopic (exact) mass is 391 g/mol. The average molecular weight is 391 g/mol. The van der Waals surface area contributed by atoms with Gasteiger partial charge in [0, 0.05) is 19.0 Å². The molecule has 3 N–H and O–H groups in total. The first-order chi connectivity index (χ1) is 14.1. The molecule has 1 aromatic heterocycles. The number of nitrogens with one attached hydrogen (secondary N) is 3. The zero-order valence-electron chi connectivity index (χ0n) is 15.7. The van der Waals surface area contributed by atoms with E-state index in [0.29, 0.717) is 11.3 Å². The number of carbonyl (C=O) groups is 3. The van der Waals surface area contributed by atoms with Crippen LogP contribution in [0.3, 0.4) is 0 Å². The molecule has 0 spiro atoms. The molecule has 2 aromatic carbocycles. The van der Waals surface area contributed by atoms with E-state index in [2.05, 4.69) is 16.0 Å². The van der Waals surface area contributed by atoms with E-state index in [1.54, 1.807) is 18.2 Å². The lowest BCUT2D eigenvalue weighted by Crippen LogP contribution is -2.35. The van der Waals surface area contributed by atoms with Crippen LogP contribution in [0.15, 0.2) is 59.2 Å². The molecule has 148 valence electrons. The van der Waals surface area contributed by atoms with E-state index in [0.717, 1.165) is 23.6 Å². The summed E-state index contributed by atoms with van der Waals surface area (Å²) in [4.78, 5) is 36.8. The molecule has 3 aromatic rings. The summed E-state index contributed by atoms with van der Waals surface area (Å²) >= 11 is 0. The number of furan rings is 1. The maximum absolute atomic E-state index is 12.8. The van der Waals surface area contributed by atoms with Gasteiger partial charge in [0.1, 0.15) is 0 Å². The van der Waals surface area contributed by atoms with E-state index in [1.165, 1.54) is 6.26 Å². The highest BCUT2D eigenvalue weighted by atomic mass is 16.3. The third-order valence-electron chi connectivity index (χ3n) is 4.78. The molecule has 0 unspecified atom stereocenters. The molecule has 0 bridgehead atoms. The van der Waals surface area contributed by atoms with Crippen molar-refractivity contribution in [3.63, 3.8) is 0 Å². The van der Waals surface area contributed by atoms with Crippen LogP contribution in [-0.2, 0) is 4.79 Å². The van der Waals surface area contributed by atoms with Gasteiger partial charge in [0.05, 0.1) is 17.5 Å². The summed E-state index contributed by atoms with van der Waals surface area (Å²) in [6.07, 6.45) is 3.19. The molecule has 7 nitrogen and oxygen atoms in total. The quantitative estimate of drug-likeness (QED) is 0.539. The van der Waals surface area contributed by atoms with E-state index in [4.69, 9.17) is 4.42 Å². The minimum Gasteiger partial charge on any atom is -0.459 e. The fourth-order valence-electron chi connectivity index (χ4n) is 3.05. The fourth-order valence-corrected chi connectivity index (χ4v) is 3.05. The highest BCUT2D eigenvalue weighted by Gasteiger charge is 2.30. The van der Waals surface area contributed by atoms with Crippen LogP contribution in [0, 0.1) is 5.92 Å². The number of anilines is 1. The number of amides is 3. The van der Waals surface area contributed by atoms with Gasteiger partial charge in [-0.25, -0.2) is 0 Å². The summed E-state index contributed by atoms with van der Waals surface area (Å²) in [6, 6.07) is 14.5. The second-order valence-electron chi connectivity index (χ2n) is 7.00. The highest BCUT2D eigenvalue weighted by Crippen LogP contribution is 2.31. The van der Waals surface area contributed by atoms with Crippen molar-refractivity contribution in [3.8, 4) is 0 Å². The Bertz CT molecular complexity index is 1060. The molecule has 7 heteroatoms. The first-order valence-electron chi connectivity index (χ1n) is 9.55. The average Bonchev–Trinajstić information content (AvgIpc) is 3.44. The minimum atomic E-state index is -0.340. The third-order valence-corrected chi connectivity index (χ3v) is 4.78. The van der Waals surface area contributed by atoms with Gasteiger partial charge in [-0.15, -0.1) is 0 Å². The van der Waals surface area contributed by atoms with Gasteiger partial charge < -0.3 is 20.4 Å². The van der Waals surface area contributed by atoms with Crippen LogP contribution < -0.4 is 16.0 Å². The molecule has 3 amide bonds. The summed E-state index contributed by atoms with van der Waals surface area (Å²) in [6.45, 7) is 0.497. The van der Waals surface area contributed by atoms with Gasteiger partial charge in [0.2, 0.25) is 5.91 Å². The van der Waals surface area contributed by atoms with Crippen molar-refractivity contribution < 1.29 is 18.8 Å². The Kier molecular flexibility index (Phi) is 5.29. The topological polar surface area (TPSA) is 100 Å². The highest BCUT2D eigenvalue weighted by molar-refractivity contribution is 6.08. The maximum Gasteiger partial charge on any atom is 0.287 e. The summed E-state index contributed by atoms with van der Waals surface area (Å²) in [7, 11) is 0. The summed E-state index contributed by atoms with van der Waals surface area (Å²) in [5, 5.41) is 10.2. The van der Waals surface area contributed by atoms with E-state index < -0.39 is 0 Å². The molecule has 29 heavy (non-hydrogen) atoms. The number of hydrogen-bond acceptors (Lipinski definition) is 4. The molecule has 0 saturated heterocycles. The van der Waals surface area contributed by atoms with Crippen molar-refractivity contribution in [2.24, 2.45) is 5.92 Å². The number of carbonyl (C=O) groups excluding carboxylic acids is 3. The second kappa shape index (κ2) is 8.18. The molecule has 1 aliphatic carbocycles. The maximum atomic E-state index is 12.8. The lowest BCUT2D eigenvalue weighted by molar-refractivity contribution is -0.117. The molecule has 0 aliphatic heterocycles. The van der Waals surface area contributed by atoms with Crippen molar-refractivity contribution in [2.45, 2.75) is 12.8 Å². The van der Waals surface area contributed by atoms with Crippen LogP contribution in [0.25, 0.3) is 10.8 Å². The van der Waals surface area contributed by atoms with E-state index >= 15 is 0 Å². The SMILES string of the molecule is O=C(NCCNC(=O)c1cc2ccccc2cc1NC(=O)C1CC1)c1ccco1. The lowest BCUT2D eigenvalue weighted by atomic mass is 10.0. The molecule has 0 radical (unpaired) electrons. The van der Waals surface area contributed by atoms with Crippen LogP contribution in [-0.4, -0.2) is 30.8 Å². The normalized spacial score (nSPS) is 13.1. The smallest absolute Gasteiger partial charge is 0.287 e. The van der Waals surface area contributed by atoms with Crippen molar-refractivity contribution in [3.05, 3.63) is 66.1 Å². The van der Waals surface area contributed by atoms with Gasteiger partial charge in [0.25, 0.3) is 11.8 Å². The summed E-state index contributed by atoms with van der Waals surface area (Å²) in [5.41, 5.74) is 0.896. The Hall–Kier alpha value is -3.61. The summed E-state index contributed by atoms with van der Waals surface area (Å²) in [5.74, 6) is -0.452. The molecule has 1 aliphatic rings. The Morgan fingerprint density at radius 1 is 0.897 bits per heavy atom. The van der Waals surface area contributed by atoms with E-state index in [-0.39, 0.29) is 42.5 Å². The Labute approximate surface area is 167 Å². The molecule has 1 saturated carbocycles. The van der Waals surface area contributed by atoms with Gasteiger partial charge in [-0.2, -0.15) is 0 Å². The largest absolute Gasteiger partial charge is 0.459 e. The van der Waals surface area contributed by atoms with Crippen LogP contribution >= 0.6 is 0 Å². The zero-order valence-corrected chi connectivity index (χ0v) is 15.7.